The second-order valence-corrected chi connectivity index (χ2v) is 6.39. The molecule has 0 radical (unpaired) electrons. The number of guanidine groups is 1. The topological polar surface area (TPSA) is 124 Å². The summed E-state index contributed by atoms with van der Waals surface area (Å²) < 4.78 is 0. The summed E-state index contributed by atoms with van der Waals surface area (Å²) >= 11 is 0. The summed E-state index contributed by atoms with van der Waals surface area (Å²) in [6.45, 7) is 8.31. The van der Waals surface area contributed by atoms with Crippen molar-refractivity contribution < 1.29 is 14.6 Å². The van der Waals surface area contributed by atoms with Crippen LogP contribution in [-0.2, 0) is 9.59 Å². The molecule has 2 amide bonds. The van der Waals surface area contributed by atoms with Crippen molar-refractivity contribution in [2.24, 2.45) is 22.3 Å². The predicted molar refractivity (Wildman–Crippen MR) is 78.5 cm³/mol. The van der Waals surface area contributed by atoms with Gasteiger partial charge in [-0.15, -0.1) is 0 Å². The quantitative estimate of drug-likeness (QED) is 0.265. The number of amides is 2. The molecule has 0 aromatic carbocycles. The fraction of sp³-hybridized carbons (Fsp3) is 0.769. The maximum atomic E-state index is 11.8. The molecule has 0 aliphatic heterocycles. The Hall–Kier alpha value is -1.79. The highest BCUT2D eigenvalue weighted by Gasteiger charge is 2.34. The van der Waals surface area contributed by atoms with E-state index in [2.05, 4.69) is 15.6 Å². The maximum Gasteiger partial charge on any atom is 0.339 e. The zero-order valence-corrected chi connectivity index (χ0v) is 13.1. The molecule has 0 aromatic rings. The first kappa shape index (κ1) is 18.2. The lowest BCUT2D eigenvalue weighted by molar-refractivity contribution is -0.446. The third-order valence-corrected chi connectivity index (χ3v) is 2.98. The van der Waals surface area contributed by atoms with Gasteiger partial charge in [0.1, 0.15) is 6.54 Å². The van der Waals surface area contributed by atoms with Gasteiger partial charge in [-0.25, -0.2) is 0 Å². The lowest BCUT2D eigenvalue weighted by Crippen LogP contribution is -2.80. The summed E-state index contributed by atoms with van der Waals surface area (Å²) in [7, 11) is 1.62. The van der Waals surface area contributed by atoms with Crippen molar-refractivity contribution in [3.05, 3.63) is 0 Å². The molecule has 0 atom stereocenters. The van der Waals surface area contributed by atoms with Gasteiger partial charge in [-0.05, 0) is 11.8 Å². The van der Waals surface area contributed by atoms with Gasteiger partial charge in [-0.2, -0.15) is 0 Å². The number of carbonyl (C=O) groups is 2. The minimum atomic E-state index is -0.489. The molecule has 0 unspecified atom stereocenters. The number of hydrogen-bond acceptors (Lipinski definition) is 2. The number of nitrogens with one attached hydrogen (secondary N) is 3. The fourth-order valence-electron chi connectivity index (χ4n) is 2.26. The molecule has 7 N–H and O–H groups in total. The molecule has 0 aliphatic carbocycles. The Morgan fingerprint density at radius 2 is 1.70 bits per heavy atom. The molecule has 0 aromatic heterocycles. The Bertz CT molecular complexity index is 384. The van der Waals surface area contributed by atoms with Gasteiger partial charge in [0.05, 0.1) is 0 Å². The average molecular weight is 286 g/mol. The Kier molecular flexibility index (Phi) is 6.48. The zero-order chi connectivity index (χ0) is 16.0. The Balaban J connectivity index is 4.42. The third kappa shape index (κ3) is 6.96. The van der Waals surface area contributed by atoms with Crippen LogP contribution in [0, 0.1) is 10.8 Å². The Labute approximate surface area is 120 Å². The van der Waals surface area contributed by atoms with Crippen LogP contribution in [0.4, 0.5) is 0 Å². The van der Waals surface area contributed by atoms with E-state index in [0.717, 1.165) is 0 Å². The summed E-state index contributed by atoms with van der Waals surface area (Å²) in [6.07, 6.45) is 0.651. The van der Waals surface area contributed by atoms with Crippen molar-refractivity contribution in [3.8, 4) is 0 Å². The standard InChI is InChI=1S/C13H27N5O2/c1-12(2,7-13(3,4)10(20)16-5)8-18-9(19)6-17-11(14)15/h6-8H2,1-5H3,(H,16,20)(H,18,19)(H4,14,15,17)/p+1. The second kappa shape index (κ2) is 7.12. The zero-order valence-electron chi connectivity index (χ0n) is 13.1. The van der Waals surface area contributed by atoms with Gasteiger partial charge in [-0.3, -0.25) is 26.0 Å². The van der Waals surface area contributed by atoms with E-state index < -0.39 is 5.41 Å². The summed E-state index contributed by atoms with van der Waals surface area (Å²) in [5.41, 5.74) is 9.73. The summed E-state index contributed by atoms with van der Waals surface area (Å²) in [5, 5.41) is 5.46. The normalized spacial score (nSPS) is 11.7. The Morgan fingerprint density at radius 1 is 1.15 bits per heavy atom. The van der Waals surface area contributed by atoms with Crippen LogP contribution in [0.5, 0.6) is 0 Å². The average Bonchev–Trinajstić information content (AvgIpc) is 2.31. The van der Waals surface area contributed by atoms with E-state index in [1.54, 1.807) is 7.05 Å². The number of nitrogens with two attached hydrogens (primary N) is 2. The van der Waals surface area contributed by atoms with Gasteiger partial charge in [0.2, 0.25) is 5.91 Å². The lowest BCUT2D eigenvalue weighted by atomic mass is 9.74. The minimum absolute atomic E-state index is 0.0101. The molecule has 0 fully saturated rings. The number of carbonyl (C=O) groups excluding carboxylic acids is 2. The molecule has 7 nitrogen and oxygen atoms in total. The van der Waals surface area contributed by atoms with E-state index in [-0.39, 0.29) is 29.7 Å². The monoisotopic (exact) mass is 286 g/mol. The first-order valence-electron chi connectivity index (χ1n) is 6.61. The highest BCUT2D eigenvalue weighted by Crippen LogP contribution is 2.33. The number of rotatable bonds is 7. The minimum Gasteiger partial charge on any atom is -0.359 e. The van der Waals surface area contributed by atoms with E-state index in [9.17, 15) is 9.59 Å². The van der Waals surface area contributed by atoms with E-state index in [4.69, 9.17) is 11.5 Å². The highest BCUT2D eigenvalue weighted by atomic mass is 16.2. The molecular weight excluding hydrogens is 258 g/mol. The maximum absolute atomic E-state index is 11.8. The first-order valence-corrected chi connectivity index (χ1v) is 6.61. The van der Waals surface area contributed by atoms with Crippen LogP contribution < -0.4 is 27.1 Å². The summed E-state index contributed by atoms with van der Waals surface area (Å²) in [5.74, 6) is -0.187. The first-order chi connectivity index (χ1) is 9.00. The molecule has 0 rings (SSSR count). The highest BCUT2D eigenvalue weighted by molar-refractivity contribution is 5.81. The number of hydrogen-bond donors (Lipinski definition) is 5. The molecular formula is C13H28N5O2+. The van der Waals surface area contributed by atoms with Gasteiger partial charge in [-0.1, -0.05) is 27.7 Å². The van der Waals surface area contributed by atoms with Crippen molar-refractivity contribution in [3.63, 3.8) is 0 Å². The Morgan fingerprint density at radius 3 is 2.15 bits per heavy atom. The van der Waals surface area contributed by atoms with E-state index in [1.165, 1.54) is 0 Å². The van der Waals surface area contributed by atoms with Crippen LogP contribution in [0.2, 0.25) is 0 Å². The molecule has 0 aliphatic rings. The van der Waals surface area contributed by atoms with Gasteiger partial charge in [0, 0.05) is 19.0 Å². The van der Waals surface area contributed by atoms with Crippen LogP contribution in [-0.4, -0.2) is 37.9 Å². The molecule has 20 heavy (non-hydrogen) atoms. The SMILES string of the molecule is CNC(=O)C(C)(C)CC(C)(C)CNC(=O)C[NH+]=C(N)N. The molecule has 0 bridgehead atoms. The molecule has 0 heterocycles. The fourth-order valence-corrected chi connectivity index (χ4v) is 2.26. The van der Waals surface area contributed by atoms with Crippen LogP contribution in [0.15, 0.2) is 0 Å². The summed E-state index contributed by atoms with van der Waals surface area (Å²) in [4.78, 5) is 25.9. The van der Waals surface area contributed by atoms with Gasteiger partial charge < -0.3 is 10.6 Å². The van der Waals surface area contributed by atoms with E-state index in [1.807, 2.05) is 27.7 Å². The van der Waals surface area contributed by atoms with Gasteiger partial charge >= 0.3 is 5.96 Å². The van der Waals surface area contributed by atoms with Crippen LogP contribution in [0.25, 0.3) is 0 Å². The van der Waals surface area contributed by atoms with Crippen molar-refractivity contribution >= 4 is 17.8 Å². The van der Waals surface area contributed by atoms with Crippen LogP contribution in [0.3, 0.4) is 0 Å². The molecule has 0 saturated carbocycles. The summed E-state index contributed by atoms with van der Waals surface area (Å²) in [6, 6.07) is 0. The van der Waals surface area contributed by atoms with Crippen molar-refractivity contribution in [1.29, 1.82) is 0 Å². The van der Waals surface area contributed by atoms with Crippen molar-refractivity contribution in [1.82, 2.24) is 10.6 Å². The third-order valence-electron chi connectivity index (χ3n) is 2.98. The molecule has 0 spiro atoms. The van der Waals surface area contributed by atoms with Crippen LogP contribution >= 0.6 is 0 Å². The smallest absolute Gasteiger partial charge is 0.339 e. The molecule has 0 saturated heterocycles. The van der Waals surface area contributed by atoms with Crippen molar-refractivity contribution in [2.45, 2.75) is 34.1 Å². The van der Waals surface area contributed by atoms with E-state index >= 15 is 0 Å². The van der Waals surface area contributed by atoms with Crippen molar-refractivity contribution in [2.75, 3.05) is 20.1 Å². The largest absolute Gasteiger partial charge is 0.359 e. The van der Waals surface area contributed by atoms with E-state index in [0.29, 0.717) is 13.0 Å². The molecule has 7 heteroatoms. The lowest BCUT2D eigenvalue weighted by Gasteiger charge is -2.33. The predicted octanol–water partition coefficient (Wildman–Crippen LogP) is -2.35. The molecule has 116 valence electrons. The van der Waals surface area contributed by atoms with Gasteiger partial charge in [0.15, 0.2) is 0 Å². The van der Waals surface area contributed by atoms with Crippen LogP contribution in [0.1, 0.15) is 34.1 Å². The second-order valence-electron chi connectivity index (χ2n) is 6.39. The van der Waals surface area contributed by atoms with Gasteiger partial charge in [0.25, 0.3) is 5.91 Å².